The van der Waals surface area contributed by atoms with Gasteiger partial charge in [0, 0.05) is 28.7 Å². The lowest BCUT2D eigenvalue weighted by molar-refractivity contribution is -0.138. The molecule has 26 heavy (non-hydrogen) atoms. The molecule has 0 aliphatic carbocycles. The maximum Gasteiger partial charge on any atom is 0.336 e. The molecule has 132 valence electrons. The van der Waals surface area contributed by atoms with Gasteiger partial charge in [-0.05, 0) is 30.7 Å². The van der Waals surface area contributed by atoms with Gasteiger partial charge >= 0.3 is 11.6 Å². The molecule has 0 aliphatic rings. The first kappa shape index (κ1) is 17.5. The van der Waals surface area contributed by atoms with Crippen molar-refractivity contribution in [1.29, 1.82) is 0 Å². The Kier molecular flexibility index (Phi) is 5.17. The fourth-order valence-corrected chi connectivity index (χ4v) is 2.62. The van der Waals surface area contributed by atoms with Crippen LogP contribution in [0.3, 0.4) is 0 Å². The summed E-state index contributed by atoms with van der Waals surface area (Å²) in [6.07, 6.45) is 2.96. The lowest BCUT2D eigenvalue weighted by atomic mass is 10.1. The number of esters is 1. The fourth-order valence-electron chi connectivity index (χ4n) is 2.62. The largest absolute Gasteiger partial charge is 0.496 e. The monoisotopic (exact) mass is 350 g/mol. The molecule has 2 aromatic carbocycles. The zero-order valence-electron chi connectivity index (χ0n) is 14.5. The smallest absolute Gasteiger partial charge is 0.336 e. The second-order valence-corrected chi connectivity index (χ2v) is 5.77. The molecule has 0 unspecified atom stereocenters. The summed E-state index contributed by atoms with van der Waals surface area (Å²) in [6, 6.07) is 14.2. The summed E-state index contributed by atoms with van der Waals surface area (Å²) < 4.78 is 15.7. The van der Waals surface area contributed by atoms with E-state index >= 15 is 0 Å². The van der Waals surface area contributed by atoms with Crippen molar-refractivity contribution >= 4 is 23.0 Å². The third kappa shape index (κ3) is 4.00. The summed E-state index contributed by atoms with van der Waals surface area (Å²) in [7, 11) is 1.57. The maximum atomic E-state index is 12.0. The highest BCUT2D eigenvalue weighted by atomic mass is 16.5. The quantitative estimate of drug-likeness (QED) is 0.397. The number of hydrogen-bond acceptors (Lipinski definition) is 5. The number of fused-ring (bicyclic) bond motifs is 1. The molecule has 0 radical (unpaired) electrons. The van der Waals surface area contributed by atoms with Crippen LogP contribution in [0.15, 0.2) is 63.8 Å². The fraction of sp³-hybridized carbons (Fsp3) is 0.143. The van der Waals surface area contributed by atoms with Crippen molar-refractivity contribution in [3.8, 4) is 5.75 Å². The van der Waals surface area contributed by atoms with Crippen molar-refractivity contribution in [3.63, 3.8) is 0 Å². The molecule has 0 saturated heterocycles. The number of methoxy groups -OCH3 is 1. The van der Waals surface area contributed by atoms with Crippen LogP contribution in [-0.4, -0.2) is 13.1 Å². The number of hydrogen-bond donors (Lipinski definition) is 0. The molecule has 3 rings (SSSR count). The van der Waals surface area contributed by atoms with E-state index in [1.165, 1.54) is 12.1 Å². The first-order valence-electron chi connectivity index (χ1n) is 8.08. The van der Waals surface area contributed by atoms with Crippen LogP contribution in [0.4, 0.5) is 0 Å². The molecular formula is C21H18O5. The third-order valence-electron chi connectivity index (χ3n) is 3.89. The number of para-hydroxylation sites is 1. The van der Waals surface area contributed by atoms with Gasteiger partial charge < -0.3 is 13.9 Å². The summed E-state index contributed by atoms with van der Waals surface area (Å²) in [5.74, 6) is 0.156. The molecular weight excluding hydrogens is 332 g/mol. The Morgan fingerprint density at radius 2 is 1.96 bits per heavy atom. The molecule has 0 spiro atoms. The number of carbonyl (C=O) groups is 1. The van der Waals surface area contributed by atoms with Crippen molar-refractivity contribution < 1.29 is 18.7 Å². The highest BCUT2D eigenvalue weighted by Crippen LogP contribution is 2.20. The molecule has 0 atom stereocenters. The standard InChI is InChI=1S/C21H18O5/c1-14-7-9-17-16(12-21(23)26-19(17)11-14)13-25-20(22)10-8-15-5-3-4-6-18(15)24-2/h3-12H,13H2,1-2H3. The van der Waals surface area contributed by atoms with E-state index in [0.717, 1.165) is 16.5 Å². The Labute approximate surface area is 150 Å². The molecule has 1 aromatic heterocycles. The number of aryl methyl sites for hydroxylation is 1. The van der Waals surface area contributed by atoms with Crippen molar-refractivity contribution in [1.82, 2.24) is 0 Å². The SMILES string of the molecule is COc1ccccc1C=CC(=O)OCc1cc(=O)oc2cc(C)ccc12. The molecule has 0 bridgehead atoms. The Hall–Kier alpha value is -3.34. The topological polar surface area (TPSA) is 65.7 Å². The number of carbonyl (C=O) groups excluding carboxylic acids is 1. The van der Waals surface area contributed by atoms with Crippen molar-refractivity contribution in [3.05, 3.63) is 81.7 Å². The Morgan fingerprint density at radius 1 is 1.15 bits per heavy atom. The minimum Gasteiger partial charge on any atom is -0.496 e. The van der Waals surface area contributed by atoms with Crippen LogP contribution in [0.2, 0.25) is 0 Å². The molecule has 0 N–H and O–H groups in total. The normalized spacial score (nSPS) is 11.0. The van der Waals surface area contributed by atoms with E-state index in [0.29, 0.717) is 16.9 Å². The average molecular weight is 350 g/mol. The average Bonchev–Trinajstić information content (AvgIpc) is 2.64. The Morgan fingerprint density at radius 3 is 2.77 bits per heavy atom. The van der Waals surface area contributed by atoms with E-state index < -0.39 is 11.6 Å². The van der Waals surface area contributed by atoms with E-state index in [1.54, 1.807) is 19.3 Å². The predicted octanol–water partition coefficient (Wildman–Crippen LogP) is 3.87. The summed E-state index contributed by atoms with van der Waals surface area (Å²) in [6.45, 7) is 1.90. The highest BCUT2D eigenvalue weighted by molar-refractivity contribution is 5.88. The van der Waals surface area contributed by atoms with Crippen molar-refractivity contribution in [2.75, 3.05) is 7.11 Å². The molecule has 3 aromatic rings. The molecule has 0 aliphatic heterocycles. The summed E-state index contributed by atoms with van der Waals surface area (Å²) in [5, 5.41) is 0.747. The van der Waals surface area contributed by atoms with E-state index in [2.05, 4.69) is 0 Å². The van der Waals surface area contributed by atoms with E-state index in [-0.39, 0.29) is 6.61 Å². The minimum absolute atomic E-state index is 0.0136. The van der Waals surface area contributed by atoms with Gasteiger partial charge in [0.15, 0.2) is 0 Å². The zero-order valence-corrected chi connectivity index (χ0v) is 14.5. The molecule has 0 saturated carbocycles. The second kappa shape index (κ2) is 7.70. The van der Waals surface area contributed by atoms with Gasteiger partial charge in [0.2, 0.25) is 0 Å². The van der Waals surface area contributed by atoms with Gasteiger partial charge in [0.1, 0.15) is 17.9 Å². The van der Waals surface area contributed by atoms with Crippen molar-refractivity contribution in [2.45, 2.75) is 13.5 Å². The van der Waals surface area contributed by atoms with Crippen LogP contribution in [0.25, 0.3) is 17.0 Å². The van der Waals surface area contributed by atoms with Gasteiger partial charge in [0.25, 0.3) is 0 Å². The van der Waals surface area contributed by atoms with Crippen LogP contribution in [-0.2, 0) is 16.1 Å². The first-order chi connectivity index (χ1) is 12.6. The van der Waals surface area contributed by atoms with E-state index in [4.69, 9.17) is 13.9 Å². The highest BCUT2D eigenvalue weighted by Gasteiger charge is 2.08. The summed E-state index contributed by atoms with van der Waals surface area (Å²) in [5.41, 5.74) is 2.37. The van der Waals surface area contributed by atoms with E-state index in [1.807, 2.05) is 43.3 Å². The van der Waals surface area contributed by atoms with Gasteiger partial charge in [-0.3, -0.25) is 0 Å². The molecule has 1 heterocycles. The van der Waals surface area contributed by atoms with Gasteiger partial charge in [-0.25, -0.2) is 9.59 Å². The van der Waals surface area contributed by atoms with E-state index in [9.17, 15) is 9.59 Å². The molecule has 5 nitrogen and oxygen atoms in total. The van der Waals surface area contributed by atoms with Crippen LogP contribution in [0, 0.1) is 6.92 Å². The Bertz CT molecular complexity index is 1030. The van der Waals surface area contributed by atoms with Crippen molar-refractivity contribution in [2.24, 2.45) is 0 Å². The van der Waals surface area contributed by atoms with Gasteiger partial charge in [-0.15, -0.1) is 0 Å². The van der Waals surface area contributed by atoms with Gasteiger partial charge in [-0.2, -0.15) is 0 Å². The maximum absolute atomic E-state index is 12.0. The lowest BCUT2D eigenvalue weighted by Gasteiger charge is -2.06. The number of benzene rings is 2. The summed E-state index contributed by atoms with van der Waals surface area (Å²) in [4.78, 5) is 23.7. The lowest BCUT2D eigenvalue weighted by Crippen LogP contribution is -2.05. The number of rotatable bonds is 5. The van der Waals surface area contributed by atoms with Crippen LogP contribution >= 0.6 is 0 Å². The second-order valence-electron chi connectivity index (χ2n) is 5.77. The van der Waals surface area contributed by atoms with Crippen LogP contribution < -0.4 is 10.4 Å². The van der Waals surface area contributed by atoms with Gasteiger partial charge in [0.05, 0.1) is 7.11 Å². The Balaban J connectivity index is 1.75. The third-order valence-corrected chi connectivity index (χ3v) is 3.89. The zero-order chi connectivity index (χ0) is 18.5. The summed E-state index contributed by atoms with van der Waals surface area (Å²) >= 11 is 0. The molecule has 5 heteroatoms. The molecule has 0 amide bonds. The van der Waals surface area contributed by atoms with Crippen LogP contribution in [0.1, 0.15) is 16.7 Å². The van der Waals surface area contributed by atoms with Gasteiger partial charge in [-0.1, -0.05) is 30.3 Å². The predicted molar refractivity (Wildman–Crippen MR) is 99.0 cm³/mol. The molecule has 0 fully saturated rings. The number of ether oxygens (including phenoxy) is 2. The minimum atomic E-state index is -0.510. The first-order valence-corrected chi connectivity index (χ1v) is 8.08. The van der Waals surface area contributed by atoms with Crippen LogP contribution in [0.5, 0.6) is 5.75 Å².